The zero-order valence-electron chi connectivity index (χ0n) is 7.92. The first kappa shape index (κ1) is 11.4. The van der Waals surface area contributed by atoms with Crippen LogP contribution in [0.25, 0.3) is 6.08 Å². The van der Waals surface area contributed by atoms with E-state index in [1.54, 1.807) is 12.1 Å². The summed E-state index contributed by atoms with van der Waals surface area (Å²) in [5.74, 6) is -1.11. The summed E-state index contributed by atoms with van der Waals surface area (Å²) < 4.78 is 4.92. The molecule has 0 aliphatic carbocycles. The van der Waals surface area contributed by atoms with Gasteiger partial charge >= 0.3 is 0 Å². The first-order valence-corrected chi connectivity index (χ1v) is 4.31. The minimum Gasteiger partial charge on any atom is -0.465 e. The van der Waals surface area contributed by atoms with Crippen LogP contribution in [0.5, 0.6) is 0 Å². The van der Waals surface area contributed by atoms with Crippen molar-refractivity contribution in [2.24, 2.45) is 5.73 Å². The number of aliphatic hydroxyl groups excluding tert-OH is 1. The molecule has 3 N–H and O–H groups in total. The summed E-state index contributed by atoms with van der Waals surface area (Å²) in [5.41, 5.74) is 5.19. The number of furan rings is 1. The van der Waals surface area contributed by atoms with Crippen molar-refractivity contribution in [2.75, 3.05) is 6.61 Å². The van der Waals surface area contributed by atoms with Crippen molar-refractivity contribution < 1.29 is 19.1 Å². The van der Waals surface area contributed by atoms with Crippen molar-refractivity contribution in [3.63, 3.8) is 0 Å². The van der Waals surface area contributed by atoms with Gasteiger partial charge in [-0.25, -0.2) is 0 Å². The number of nitrogens with two attached hydrogens (primary N) is 1. The molecule has 1 heterocycles. The number of rotatable bonds is 5. The van der Waals surface area contributed by atoms with Crippen LogP contribution in [0.4, 0.5) is 0 Å². The molecule has 0 aliphatic rings. The molecule has 0 saturated carbocycles. The van der Waals surface area contributed by atoms with Crippen molar-refractivity contribution in [1.29, 1.82) is 0 Å². The molecule has 0 spiro atoms. The first-order chi connectivity index (χ1) is 7.15. The number of hydrogen-bond donors (Lipinski definition) is 2. The van der Waals surface area contributed by atoms with Gasteiger partial charge in [-0.3, -0.25) is 9.59 Å². The van der Waals surface area contributed by atoms with Crippen LogP contribution in [0.1, 0.15) is 5.76 Å². The van der Waals surface area contributed by atoms with Gasteiger partial charge < -0.3 is 15.3 Å². The van der Waals surface area contributed by atoms with Crippen molar-refractivity contribution in [3.8, 4) is 0 Å². The van der Waals surface area contributed by atoms with Crippen molar-refractivity contribution in [2.45, 2.75) is 6.04 Å². The molecule has 0 radical (unpaired) electrons. The van der Waals surface area contributed by atoms with E-state index in [4.69, 9.17) is 15.3 Å². The predicted molar refractivity (Wildman–Crippen MR) is 52.8 cm³/mol. The summed E-state index contributed by atoms with van der Waals surface area (Å²) in [5, 5.41) is 8.57. The second kappa shape index (κ2) is 5.23. The smallest absolute Gasteiger partial charge is 0.223 e. The molecule has 1 aromatic rings. The standard InChI is InChI=1S/C10H11NO4/c11-8(6-12)10(14)9(13)4-3-7-2-1-5-15-7/h1-5,8,12H,6,11H2/t8-/m0/s1. The van der Waals surface area contributed by atoms with Crippen LogP contribution >= 0.6 is 0 Å². The number of aliphatic hydroxyl groups is 1. The van der Waals surface area contributed by atoms with Gasteiger partial charge in [0.2, 0.25) is 11.6 Å². The average Bonchev–Trinajstić information content (AvgIpc) is 2.76. The summed E-state index contributed by atoms with van der Waals surface area (Å²) in [6, 6.07) is 2.14. The molecule has 0 amide bonds. The molecular formula is C10H11NO4. The van der Waals surface area contributed by atoms with E-state index in [1.165, 1.54) is 12.3 Å². The normalized spacial score (nSPS) is 12.9. The van der Waals surface area contributed by atoms with E-state index in [0.29, 0.717) is 5.76 Å². The lowest BCUT2D eigenvalue weighted by Crippen LogP contribution is -2.38. The lowest BCUT2D eigenvalue weighted by atomic mass is 10.1. The number of carbonyl (C=O) groups excluding carboxylic acids is 2. The van der Waals surface area contributed by atoms with Crippen LogP contribution in [0, 0.1) is 0 Å². The Morgan fingerprint density at radius 2 is 2.33 bits per heavy atom. The molecule has 15 heavy (non-hydrogen) atoms. The van der Waals surface area contributed by atoms with Gasteiger partial charge in [-0.15, -0.1) is 0 Å². The molecule has 5 nitrogen and oxygen atoms in total. The maximum Gasteiger partial charge on any atom is 0.223 e. The number of Topliss-reactive ketones (excluding diaryl/α,β-unsaturated/α-hetero) is 1. The molecular weight excluding hydrogens is 198 g/mol. The van der Waals surface area contributed by atoms with Gasteiger partial charge in [-0.2, -0.15) is 0 Å². The number of allylic oxidation sites excluding steroid dienone is 1. The predicted octanol–water partition coefficient (Wildman–Crippen LogP) is -0.249. The SMILES string of the molecule is N[C@@H](CO)C(=O)C(=O)C=Cc1ccco1. The molecule has 0 fully saturated rings. The van der Waals surface area contributed by atoms with Crippen LogP contribution in [0.15, 0.2) is 28.9 Å². The second-order valence-corrected chi connectivity index (χ2v) is 2.87. The fourth-order valence-electron chi connectivity index (χ4n) is 0.892. The Morgan fingerprint density at radius 1 is 1.60 bits per heavy atom. The second-order valence-electron chi connectivity index (χ2n) is 2.87. The minimum absolute atomic E-state index is 0.466. The summed E-state index contributed by atoms with van der Waals surface area (Å²) >= 11 is 0. The third-order valence-electron chi connectivity index (χ3n) is 1.72. The minimum atomic E-state index is -1.15. The molecule has 1 aromatic heterocycles. The largest absolute Gasteiger partial charge is 0.465 e. The van der Waals surface area contributed by atoms with Crippen LogP contribution in [-0.4, -0.2) is 29.3 Å². The topological polar surface area (TPSA) is 93.5 Å². The Balaban J connectivity index is 2.60. The van der Waals surface area contributed by atoms with Crippen molar-refractivity contribution in [1.82, 2.24) is 0 Å². The van der Waals surface area contributed by atoms with Gasteiger partial charge in [0.1, 0.15) is 5.76 Å². The van der Waals surface area contributed by atoms with Crippen LogP contribution in [0.3, 0.4) is 0 Å². The maximum atomic E-state index is 11.2. The van der Waals surface area contributed by atoms with Crippen LogP contribution in [-0.2, 0) is 9.59 Å². The monoisotopic (exact) mass is 209 g/mol. The van der Waals surface area contributed by atoms with E-state index >= 15 is 0 Å². The Hall–Kier alpha value is -1.72. The molecule has 0 aliphatic heterocycles. The molecule has 1 rings (SSSR count). The Morgan fingerprint density at radius 3 is 2.87 bits per heavy atom. The highest BCUT2D eigenvalue weighted by Crippen LogP contribution is 2.02. The Kier molecular flexibility index (Phi) is 3.96. The summed E-state index contributed by atoms with van der Waals surface area (Å²) in [7, 11) is 0. The summed E-state index contributed by atoms with van der Waals surface area (Å²) in [4.78, 5) is 22.3. The lowest BCUT2D eigenvalue weighted by Gasteiger charge is -2.01. The van der Waals surface area contributed by atoms with Crippen molar-refractivity contribution >= 4 is 17.6 Å². The Bertz CT molecular complexity index is 367. The summed E-state index contributed by atoms with van der Waals surface area (Å²) in [6.45, 7) is -0.542. The molecule has 5 heteroatoms. The zero-order chi connectivity index (χ0) is 11.3. The fraction of sp³-hybridized carbons (Fsp3) is 0.200. The summed E-state index contributed by atoms with van der Waals surface area (Å²) in [6.07, 6.45) is 3.88. The van der Waals surface area contributed by atoms with E-state index < -0.39 is 24.2 Å². The van der Waals surface area contributed by atoms with Gasteiger partial charge in [-0.05, 0) is 24.3 Å². The van der Waals surface area contributed by atoms with Crippen LogP contribution in [0.2, 0.25) is 0 Å². The van der Waals surface area contributed by atoms with Gasteiger partial charge in [0.25, 0.3) is 0 Å². The van der Waals surface area contributed by atoms with Crippen LogP contribution < -0.4 is 5.73 Å². The fourth-order valence-corrected chi connectivity index (χ4v) is 0.892. The van der Waals surface area contributed by atoms with E-state index in [-0.39, 0.29) is 0 Å². The molecule has 1 atom stereocenters. The van der Waals surface area contributed by atoms with Crippen molar-refractivity contribution in [3.05, 3.63) is 30.2 Å². The number of carbonyl (C=O) groups is 2. The number of ketones is 2. The molecule has 0 aromatic carbocycles. The molecule has 80 valence electrons. The quantitative estimate of drug-likeness (QED) is 0.515. The zero-order valence-corrected chi connectivity index (χ0v) is 7.92. The number of hydrogen-bond acceptors (Lipinski definition) is 5. The third kappa shape index (κ3) is 3.16. The van der Waals surface area contributed by atoms with E-state index in [9.17, 15) is 9.59 Å². The average molecular weight is 209 g/mol. The first-order valence-electron chi connectivity index (χ1n) is 4.31. The van der Waals surface area contributed by atoms with Gasteiger partial charge in [0.15, 0.2) is 0 Å². The van der Waals surface area contributed by atoms with E-state index in [0.717, 1.165) is 6.08 Å². The third-order valence-corrected chi connectivity index (χ3v) is 1.72. The highest BCUT2D eigenvalue weighted by atomic mass is 16.3. The van der Waals surface area contributed by atoms with E-state index in [2.05, 4.69) is 0 Å². The molecule has 0 unspecified atom stereocenters. The van der Waals surface area contributed by atoms with Gasteiger partial charge in [-0.1, -0.05) is 0 Å². The van der Waals surface area contributed by atoms with E-state index in [1.807, 2.05) is 0 Å². The highest BCUT2D eigenvalue weighted by Gasteiger charge is 2.18. The van der Waals surface area contributed by atoms with Gasteiger partial charge in [0, 0.05) is 0 Å². The van der Waals surface area contributed by atoms with Gasteiger partial charge in [0.05, 0.1) is 18.9 Å². The highest BCUT2D eigenvalue weighted by molar-refractivity contribution is 6.43. The Labute approximate surface area is 86.2 Å². The lowest BCUT2D eigenvalue weighted by molar-refractivity contribution is -0.135. The molecule has 0 saturated heterocycles. The molecule has 0 bridgehead atoms. The maximum absolute atomic E-state index is 11.2.